The number of aliphatic carboxylic acids is 1. The summed E-state index contributed by atoms with van der Waals surface area (Å²) in [6.07, 6.45) is 0. The molecule has 0 bridgehead atoms. The lowest BCUT2D eigenvalue weighted by Crippen LogP contribution is -2.43. The monoisotopic (exact) mass is 315 g/mol. The molecule has 0 aromatic heterocycles. The molecule has 0 radical (unpaired) electrons. The summed E-state index contributed by atoms with van der Waals surface area (Å²) in [5, 5.41) is 16.2. The van der Waals surface area contributed by atoms with Crippen LogP contribution >= 0.6 is 0 Å². The molecule has 0 spiro atoms. The van der Waals surface area contributed by atoms with E-state index in [4.69, 9.17) is 10.2 Å². The number of benzene rings is 1. The fraction of sp³-hybridized carbons (Fsp3) is 0.333. The number of carbonyl (C=O) groups is 2. The van der Waals surface area contributed by atoms with Crippen molar-refractivity contribution in [2.75, 3.05) is 11.9 Å². The second-order valence-electron chi connectivity index (χ2n) is 4.62. The van der Waals surface area contributed by atoms with Crippen molar-refractivity contribution in [2.45, 2.75) is 24.8 Å². The number of carboxylic acid groups (broad SMARTS) is 1. The average Bonchev–Trinajstić information content (AvgIpc) is 2.34. The number of nitrogens with one attached hydrogen (secondary N) is 1. The Morgan fingerprint density at radius 3 is 2.48 bits per heavy atom. The van der Waals surface area contributed by atoms with E-state index in [1.165, 1.54) is 24.3 Å². The Bertz CT molecular complexity index is 642. The number of rotatable bonds is 5. The number of carboxylic acids is 1. The maximum absolute atomic E-state index is 12.0. The van der Waals surface area contributed by atoms with Crippen LogP contribution < -0.4 is 10.5 Å². The molecule has 8 nitrogen and oxygen atoms in total. The molecule has 2 amide bonds. The molecule has 0 aliphatic carbocycles. The SMILES string of the molecule is CC(C)N(CC(=O)O)C(=O)Nc1cccc(S(N)(=O)=O)c1. The fourth-order valence-electron chi connectivity index (χ4n) is 1.58. The van der Waals surface area contributed by atoms with Gasteiger partial charge in [-0.25, -0.2) is 18.4 Å². The van der Waals surface area contributed by atoms with Gasteiger partial charge in [-0.05, 0) is 32.0 Å². The summed E-state index contributed by atoms with van der Waals surface area (Å²) in [5.74, 6) is -1.14. The van der Waals surface area contributed by atoms with Gasteiger partial charge >= 0.3 is 12.0 Å². The second kappa shape index (κ2) is 6.55. The van der Waals surface area contributed by atoms with Crippen molar-refractivity contribution in [3.8, 4) is 0 Å². The van der Waals surface area contributed by atoms with Crippen molar-refractivity contribution in [1.29, 1.82) is 0 Å². The lowest BCUT2D eigenvalue weighted by molar-refractivity contribution is -0.137. The van der Waals surface area contributed by atoms with Crippen molar-refractivity contribution in [3.05, 3.63) is 24.3 Å². The molecule has 1 aromatic carbocycles. The molecule has 0 fully saturated rings. The number of urea groups is 1. The highest BCUT2D eigenvalue weighted by atomic mass is 32.2. The Kier molecular flexibility index (Phi) is 5.28. The van der Waals surface area contributed by atoms with Crippen molar-refractivity contribution in [3.63, 3.8) is 0 Å². The molecule has 1 rings (SSSR count). The summed E-state index contributed by atoms with van der Waals surface area (Å²) in [5.41, 5.74) is 0.211. The number of nitrogens with two attached hydrogens (primary N) is 1. The Hall–Kier alpha value is -2.13. The zero-order valence-corrected chi connectivity index (χ0v) is 12.4. The number of amides is 2. The fourth-order valence-corrected chi connectivity index (χ4v) is 2.14. The quantitative estimate of drug-likeness (QED) is 0.735. The van der Waals surface area contributed by atoms with E-state index in [0.29, 0.717) is 0 Å². The van der Waals surface area contributed by atoms with Gasteiger partial charge in [0.25, 0.3) is 0 Å². The highest BCUT2D eigenvalue weighted by molar-refractivity contribution is 7.89. The molecule has 0 atom stereocenters. The third kappa shape index (κ3) is 5.04. The van der Waals surface area contributed by atoms with Gasteiger partial charge in [0.1, 0.15) is 6.54 Å². The highest BCUT2D eigenvalue weighted by Crippen LogP contribution is 2.15. The molecule has 1 aromatic rings. The summed E-state index contributed by atoms with van der Waals surface area (Å²) in [4.78, 5) is 23.7. The van der Waals surface area contributed by atoms with E-state index in [2.05, 4.69) is 5.32 Å². The first-order valence-electron chi connectivity index (χ1n) is 6.03. The van der Waals surface area contributed by atoms with Crippen LogP contribution in [0.2, 0.25) is 0 Å². The molecule has 9 heteroatoms. The van der Waals surface area contributed by atoms with E-state index in [9.17, 15) is 18.0 Å². The lowest BCUT2D eigenvalue weighted by Gasteiger charge is -2.25. The van der Waals surface area contributed by atoms with E-state index in [-0.39, 0.29) is 16.6 Å². The number of sulfonamides is 1. The Morgan fingerprint density at radius 2 is 2.00 bits per heavy atom. The minimum atomic E-state index is -3.88. The van der Waals surface area contributed by atoms with E-state index in [1.54, 1.807) is 13.8 Å². The van der Waals surface area contributed by atoms with Crippen LogP contribution in [0.5, 0.6) is 0 Å². The minimum Gasteiger partial charge on any atom is -0.480 e. The van der Waals surface area contributed by atoms with Crippen LogP contribution in [0.15, 0.2) is 29.2 Å². The van der Waals surface area contributed by atoms with Crippen molar-refractivity contribution < 1.29 is 23.1 Å². The number of carbonyl (C=O) groups excluding carboxylic acids is 1. The predicted molar refractivity (Wildman–Crippen MR) is 76.3 cm³/mol. The van der Waals surface area contributed by atoms with Crippen LogP contribution in [0, 0.1) is 0 Å². The third-order valence-electron chi connectivity index (χ3n) is 2.60. The Morgan fingerprint density at radius 1 is 1.38 bits per heavy atom. The van der Waals surface area contributed by atoms with Crippen LogP contribution in [0.4, 0.5) is 10.5 Å². The van der Waals surface area contributed by atoms with Crippen molar-refractivity contribution in [2.24, 2.45) is 5.14 Å². The molecular weight excluding hydrogens is 298 g/mol. The minimum absolute atomic E-state index is 0.144. The first-order valence-corrected chi connectivity index (χ1v) is 7.58. The maximum Gasteiger partial charge on any atom is 0.323 e. The number of anilines is 1. The zero-order valence-electron chi connectivity index (χ0n) is 11.6. The molecule has 21 heavy (non-hydrogen) atoms. The predicted octanol–water partition coefficient (Wildman–Crippen LogP) is 0.661. The molecule has 0 aliphatic heterocycles. The van der Waals surface area contributed by atoms with E-state index in [0.717, 1.165) is 4.90 Å². The topological polar surface area (TPSA) is 130 Å². The first kappa shape index (κ1) is 16.9. The maximum atomic E-state index is 12.0. The van der Waals surface area contributed by atoms with Crippen molar-refractivity contribution >= 4 is 27.7 Å². The number of primary sulfonamides is 1. The molecule has 0 saturated heterocycles. The smallest absolute Gasteiger partial charge is 0.323 e. The molecule has 4 N–H and O–H groups in total. The third-order valence-corrected chi connectivity index (χ3v) is 3.51. The van der Waals surface area contributed by atoms with E-state index in [1.807, 2.05) is 0 Å². The van der Waals surface area contributed by atoms with Crippen molar-refractivity contribution in [1.82, 2.24) is 4.90 Å². The van der Waals surface area contributed by atoms with E-state index >= 15 is 0 Å². The summed E-state index contributed by atoms with van der Waals surface area (Å²) in [6, 6.07) is 4.43. The summed E-state index contributed by atoms with van der Waals surface area (Å²) >= 11 is 0. The number of hydrogen-bond acceptors (Lipinski definition) is 4. The lowest BCUT2D eigenvalue weighted by atomic mass is 10.3. The Balaban J connectivity index is 2.94. The van der Waals surface area contributed by atoms with Crippen LogP contribution in [0.1, 0.15) is 13.8 Å². The van der Waals surface area contributed by atoms with Gasteiger partial charge < -0.3 is 15.3 Å². The van der Waals surface area contributed by atoms with Gasteiger partial charge in [-0.2, -0.15) is 0 Å². The van der Waals surface area contributed by atoms with Gasteiger partial charge in [0.15, 0.2) is 0 Å². The molecule has 0 saturated carbocycles. The van der Waals surface area contributed by atoms with Gasteiger partial charge in [-0.1, -0.05) is 6.07 Å². The molecule has 116 valence electrons. The standard InChI is InChI=1S/C12H17N3O5S/c1-8(2)15(7-11(16)17)12(18)14-9-4-3-5-10(6-9)21(13,19)20/h3-6,8H,7H2,1-2H3,(H,14,18)(H,16,17)(H2,13,19,20). The van der Waals surface area contributed by atoms with Crippen LogP contribution in [0.3, 0.4) is 0 Å². The van der Waals surface area contributed by atoms with Gasteiger partial charge in [0, 0.05) is 11.7 Å². The van der Waals surface area contributed by atoms with E-state index < -0.39 is 28.6 Å². The molecule has 0 heterocycles. The summed E-state index contributed by atoms with van der Waals surface area (Å²) in [6.45, 7) is 2.88. The second-order valence-corrected chi connectivity index (χ2v) is 6.18. The Labute approximate surface area is 122 Å². The normalized spacial score (nSPS) is 11.2. The largest absolute Gasteiger partial charge is 0.480 e. The van der Waals surface area contributed by atoms with Crippen LogP contribution in [-0.4, -0.2) is 43.0 Å². The molecule has 0 unspecified atom stereocenters. The van der Waals surface area contributed by atoms with Gasteiger partial charge in [0.2, 0.25) is 10.0 Å². The molecular formula is C12H17N3O5S. The number of hydrogen-bond donors (Lipinski definition) is 3. The number of nitrogens with zero attached hydrogens (tertiary/aromatic N) is 1. The zero-order chi connectivity index (χ0) is 16.2. The summed E-state index contributed by atoms with van der Waals surface area (Å²) < 4.78 is 22.5. The average molecular weight is 315 g/mol. The molecule has 0 aliphatic rings. The van der Waals surface area contributed by atoms with Gasteiger partial charge in [-0.15, -0.1) is 0 Å². The van der Waals surface area contributed by atoms with Crippen LogP contribution in [-0.2, 0) is 14.8 Å². The van der Waals surface area contributed by atoms with Gasteiger partial charge in [-0.3, -0.25) is 4.79 Å². The van der Waals surface area contributed by atoms with Gasteiger partial charge in [0.05, 0.1) is 4.90 Å². The summed E-state index contributed by atoms with van der Waals surface area (Å²) in [7, 11) is -3.88. The highest BCUT2D eigenvalue weighted by Gasteiger charge is 2.20. The van der Waals surface area contributed by atoms with Crippen LogP contribution in [0.25, 0.3) is 0 Å². The first-order chi connectivity index (χ1) is 9.61.